The summed E-state index contributed by atoms with van der Waals surface area (Å²) in [5.74, 6) is 0.877. The van der Waals surface area contributed by atoms with Gasteiger partial charge in [-0.05, 0) is 36.8 Å². The molecule has 2 unspecified atom stereocenters. The minimum atomic E-state index is -0.682. The van der Waals surface area contributed by atoms with Crippen molar-refractivity contribution in [3.8, 4) is 11.5 Å². The normalized spacial score (nSPS) is 24.1. The van der Waals surface area contributed by atoms with Crippen molar-refractivity contribution in [2.75, 3.05) is 13.2 Å². The topological polar surface area (TPSA) is 55.8 Å². The van der Waals surface area contributed by atoms with Crippen LogP contribution in [0.4, 0.5) is 0 Å². The van der Waals surface area contributed by atoms with Crippen LogP contribution in [0.5, 0.6) is 11.5 Å². The maximum Gasteiger partial charge on any atom is 0.306 e. The molecule has 1 aromatic rings. The molecule has 2 aliphatic rings. The van der Waals surface area contributed by atoms with Crippen LogP contribution < -0.4 is 9.47 Å². The average molecular weight is 283 g/mol. The highest BCUT2D eigenvalue weighted by Gasteiger charge is 2.42. The lowest BCUT2D eigenvalue weighted by Crippen LogP contribution is -2.15. The van der Waals surface area contributed by atoms with Crippen molar-refractivity contribution in [1.29, 1.82) is 0 Å². The van der Waals surface area contributed by atoms with Gasteiger partial charge in [0.2, 0.25) is 0 Å². The first kappa shape index (κ1) is 12.6. The molecular formula is C14H15ClO4. The molecule has 0 radical (unpaired) electrons. The lowest BCUT2D eigenvalue weighted by molar-refractivity contribution is -0.138. The van der Waals surface area contributed by atoms with Crippen molar-refractivity contribution in [3.63, 3.8) is 0 Å². The maximum absolute atomic E-state index is 10.8. The van der Waals surface area contributed by atoms with E-state index in [4.69, 9.17) is 26.2 Å². The average Bonchev–Trinajstić information content (AvgIpc) is 3.16. The van der Waals surface area contributed by atoms with Crippen LogP contribution >= 0.6 is 11.6 Å². The molecule has 5 heteroatoms. The van der Waals surface area contributed by atoms with Crippen LogP contribution in [0.1, 0.15) is 18.4 Å². The van der Waals surface area contributed by atoms with E-state index in [9.17, 15) is 4.79 Å². The van der Waals surface area contributed by atoms with Crippen LogP contribution in [-0.4, -0.2) is 24.3 Å². The maximum atomic E-state index is 10.8. The Hall–Kier alpha value is -1.42. The van der Waals surface area contributed by atoms with Crippen molar-refractivity contribution < 1.29 is 19.4 Å². The van der Waals surface area contributed by atoms with Gasteiger partial charge < -0.3 is 14.6 Å². The molecule has 19 heavy (non-hydrogen) atoms. The van der Waals surface area contributed by atoms with E-state index in [1.807, 2.05) is 6.07 Å². The Morgan fingerprint density at radius 1 is 1.32 bits per heavy atom. The zero-order valence-electron chi connectivity index (χ0n) is 10.4. The van der Waals surface area contributed by atoms with Crippen molar-refractivity contribution in [2.45, 2.75) is 19.3 Å². The summed E-state index contributed by atoms with van der Waals surface area (Å²) in [4.78, 5) is 10.8. The summed E-state index contributed by atoms with van der Waals surface area (Å²) in [5, 5.41) is 9.53. The molecule has 0 bridgehead atoms. The van der Waals surface area contributed by atoms with Crippen molar-refractivity contribution in [2.24, 2.45) is 11.8 Å². The second kappa shape index (κ2) is 4.93. The van der Waals surface area contributed by atoms with Gasteiger partial charge in [0, 0.05) is 11.1 Å². The Kier molecular flexibility index (Phi) is 3.27. The van der Waals surface area contributed by atoms with E-state index in [1.165, 1.54) is 0 Å². The zero-order chi connectivity index (χ0) is 13.4. The van der Waals surface area contributed by atoms with Gasteiger partial charge in [-0.15, -0.1) is 0 Å². The van der Waals surface area contributed by atoms with Crippen molar-refractivity contribution >= 4 is 17.6 Å². The highest BCUT2D eigenvalue weighted by atomic mass is 35.5. The molecular weight excluding hydrogens is 268 g/mol. The first-order valence-electron chi connectivity index (χ1n) is 6.46. The van der Waals surface area contributed by atoms with Crippen LogP contribution in [0.25, 0.3) is 0 Å². The molecule has 1 N–H and O–H groups in total. The highest BCUT2D eigenvalue weighted by Crippen LogP contribution is 2.43. The van der Waals surface area contributed by atoms with Gasteiger partial charge >= 0.3 is 5.97 Å². The SMILES string of the molecule is O=C(O)C1CC1CCc1cc2c(cc1Cl)OCCO2. The number of aryl methyl sites for hydroxylation is 1. The summed E-state index contributed by atoms with van der Waals surface area (Å²) >= 11 is 6.21. The minimum absolute atomic E-state index is 0.156. The molecule has 1 aromatic carbocycles. The Morgan fingerprint density at radius 3 is 2.63 bits per heavy atom. The van der Waals surface area contributed by atoms with Crippen molar-refractivity contribution in [3.05, 3.63) is 22.7 Å². The van der Waals surface area contributed by atoms with E-state index in [-0.39, 0.29) is 5.92 Å². The Balaban J connectivity index is 1.66. The number of benzene rings is 1. The molecule has 1 fully saturated rings. The first-order valence-corrected chi connectivity index (χ1v) is 6.84. The Morgan fingerprint density at radius 2 is 2.00 bits per heavy atom. The van der Waals surface area contributed by atoms with Crippen molar-refractivity contribution in [1.82, 2.24) is 0 Å². The third-order valence-electron chi connectivity index (χ3n) is 3.74. The third-order valence-corrected chi connectivity index (χ3v) is 4.09. The number of rotatable bonds is 4. The summed E-state index contributed by atoms with van der Waals surface area (Å²) in [6, 6.07) is 3.70. The molecule has 3 rings (SSSR count). The first-order chi connectivity index (χ1) is 9.15. The van der Waals surface area contributed by atoms with Crippen LogP contribution in [0, 0.1) is 11.8 Å². The second-order valence-electron chi connectivity index (χ2n) is 5.07. The third kappa shape index (κ3) is 2.63. The van der Waals surface area contributed by atoms with E-state index in [0.29, 0.717) is 29.9 Å². The van der Waals surface area contributed by atoms with Gasteiger partial charge in [-0.3, -0.25) is 4.79 Å². The number of carboxylic acid groups (broad SMARTS) is 1. The fourth-order valence-corrected chi connectivity index (χ4v) is 2.76. The largest absolute Gasteiger partial charge is 0.486 e. The van der Waals surface area contributed by atoms with Gasteiger partial charge in [-0.1, -0.05) is 11.6 Å². The van der Waals surface area contributed by atoms with Gasteiger partial charge in [-0.2, -0.15) is 0 Å². The predicted molar refractivity (Wildman–Crippen MR) is 70.0 cm³/mol. The van der Waals surface area contributed by atoms with Gasteiger partial charge in [0.15, 0.2) is 11.5 Å². The molecule has 0 saturated heterocycles. The number of carbonyl (C=O) groups is 1. The molecule has 4 nitrogen and oxygen atoms in total. The smallest absolute Gasteiger partial charge is 0.306 e. The van der Waals surface area contributed by atoms with E-state index < -0.39 is 5.97 Å². The summed E-state index contributed by atoms with van der Waals surface area (Å²) < 4.78 is 11.0. The molecule has 0 spiro atoms. The molecule has 1 aliphatic carbocycles. The van der Waals surface area contributed by atoms with Gasteiger partial charge in [0.05, 0.1) is 5.92 Å². The molecule has 1 aliphatic heterocycles. The van der Waals surface area contributed by atoms with E-state index >= 15 is 0 Å². The number of halogens is 1. The van der Waals surface area contributed by atoms with Crippen LogP contribution in [0.3, 0.4) is 0 Å². The summed E-state index contributed by atoms with van der Waals surface area (Å²) in [6.07, 6.45) is 2.43. The van der Waals surface area contributed by atoms with Gasteiger partial charge in [0.1, 0.15) is 13.2 Å². The van der Waals surface area contributed by atoms with Gasteiger partial charge in [0.25, 0.3) is 0 Å². The molecule has 0 amide bonds. The quantitative estimate of drug-likeness (QED) is 0.922. The lowest BCUT2D eigenvalue weighted by atomic mass is 10.1. The number of ether oxygens (including phenoxy) is 2. The number of hydrogen-bond acceptors (Lipinski definition) is 3. The van der Waals surface area contributed by atoms with E-state index in [1.54, 1.807) is 6.07 Å². The van der Waals surface area contributed by atoms with Crippen LogP contribution in [-0.2, 0) is 11.2 Å². The fourth-order valence-electron chi connectivity index (χ4n) is 2.51. The summed E-state index contributed by atoms with van der Waals surface area (Å²) in [5.41, 5.74) is 1.00. The van der Waals surface area contributed by atoms with Crippen LogP contribution in [0.15, 0.2) is 12.1 Å². The Bertz CT molecular complexity index is 514. The molecule has 2 atom stereocenters. The van der Waals surface area contributed by atoms with Gasteiger partial charge in [-0.25, -0.2) is 0 Å². The molecule has 102 valence electrons. The molecule has 1 heterocycles. The number of aliphatic carboxylic acids is 1. The monoisotopic (exact) mass is 282 g/mol. The van der Waals surface area contributed by atoms with E-state index in [2.05, 4.69) is 0 Å². The Labute approximate surface area is 116 Å². The number of hydrogen-bond donors (Lipinski definition) is 1. The number of fused-ring (bicyclic) bond motifs is 1. The fraction of sp³-hybridized carbons (Fsp3) is 0.500. The second-order valence-corrected chi connectivity index (χ2v) is 5.47. The highest BCUT2D eigenvalue weighted by molar-refractivity contribution is 6.31. The molecule has 0 aromatic heterocycles. The summed E-state index contributed by atoms with van der Waals surface area (Å²) in [6.45, 7) is 1.10. The molecule has 1 saturated carbocycles. The summed E-state index contributed by atoms with van der Waals surface area (Å²) in [7, 11) is 0. The minimum Gasteiger partial charge on any atom is -0.486 e. The standard InChI is InChI=1S/C14H15ClO4/c15-11-7-13-12(18-3-4-19-13)6-9(11)2-1-8-5-10(8)14(16)17/h6-8,10H,1-5H2,(H,16,17). The van der Waals surface area contributed by atoms with Crippen LogP contribution in [0.2, 0.25) is 5.02 Å². The zero-order valence-corrected chi connectivity index (χ0v) is 11.2. The van der Waals surface area contributed by atoms with E-state index in [0.717, 1.165) is 30.6 Å². The lowest BCUT2D eigenvalue weighted by Gasteiger charge is -2.19. The number of carboxylic acids is 1. The predicted octanol–water partition coefficient (Wildman–Crippen LogP) is 2.76.